The number of alkyl halides is 2. The number of nitrogens with two attached hydrogens (primary N) is 3. The molecule has 0 bridgehead atoms. The highest BCUT2D eigenvalue weighted by molar-refractivity contribution is 6.06. The molecule has 0 unspecified atom stereocenters. The second kappa shape index (κ2) is 10.2. The number of imidazole rings is 1. The number of quaternary nitrogens is 1. The minimum atomic E-state index is -2.94. The van der Waals surface area contributed by atoms with E-state index in [9.17, 15) is 18.0 Å². The number of rotatable bonds is 8. The van der Waals surface area contributed by atoms with Crippen molar-refractivity contribution < 1.29 is 33.4 Å². The molecule has 6 N–H and O–H groups in total. The highest BCUT2D eigenvalue weighted by Crippen LogP contribution is 2.25. The van der Waals surface area contributed by atoms with E-state index >= 15 is 0 Å². The predicted octanol–water partition coefficient (Wildman–Crippen LogP) is 1.78. The van der Waals surface area contributed by atoms with Crippen molar-refractivity contribution in [3.8, 4) is 17.0 Å². The molecule has 0 aliphatic heterocycles. The topological polar surface area (TPSA) is 112 Å². The second-order valence-corrected chi connectivity index (χ2v) is 7.57. The summed E-state index contributed by atoms with van der Waals surface area (Å²) in [5, 5.41) is 6.91. The van der Waals surface area contributed by atoms with Crippen molar-refractivity contribution in [1.29, 1.82) is 0 Å². The zero-order chi connectivity index (χ0) is 24.9. The summed E-state index contributed by atoms with van der Waals surface area (Å²) in [6, 6.07) is 13.9. The number of pyridine rings is 1. The van der Waals surface area contributed by atoms with Crippen LogP contribution in [0.5, 0.6) is 5.75 Å². The highest BCUT2D eigenvalue weighted by Gasteiger charge is 2.18. The van der Waals surface area contributed by atoms with E-state index in [-0.39, 0.29) is 17.9 Å². The number of allylic oxidation sites excluding steroid dienone is 1. The third-order valence-corrected chi connectivity index (χ3v) is 5.38. The van der Waals surface area contributed by atoms with Crippen LogP contribution in [-0.4, -0.2) is 28.1 Å². The summed E-state index contributed by atoms with van der Waals surface area (Å²) in [7, 11) is 0. The first-order valence-corrected chi connectivity index (χ1v) is 10.5. The van der Waals surface area contributed by atoms with E-state index in [4.69, 9.17) is 11.1 Å². The molecule has 0 aliphatic rings. The molecule has 10 heteroatoms. The Hall–Kier alpha value is -4.44. The fourth-order valence-electron chi connectivity index (χ4n) is 3.66. The number of fused-ring (bicyclic) bond motifs is 1. The van der Waals surface area contributed by atoms with Crippen molar-refractivity contribution in [2.45, 2.75) is 13.2 Å². The van der Waals surface area contributed by atoms with Crippen LogP contribution in [0.1, 0.15) is 21.5 Å². The zero-order valence-corrected chi connectivity index (χ0v) is 18.4. The molecule has 4 rings (SSSR count). The van der Waals surface area contributed by atoms with E-state index in [1.54, 1.807) is 41.1 Å². The van der Waals surface area contributed by atoms with Crippen molar-refractivity contribution in [2.75, 3.05) is 0 Å². The number of carbonyl (C=O) groups is 1. The summed E-state index contributed by atoms with van der Waals surface area (Å²) in [6.45, 7) is -2.81. The molecular formula is C25H22F3N5O2+2. The molecule has 2 aromatic heterocycles. The van der Waals surface area contributed by atoms with Gasteiger partial charge in [0, 0.05) is 29.1 Å². The van der Waals surface area contributed by atoms with Crippen LogP contribution in [0, 0.1) is 5.82 Å². The molecule has 0 spiro atoms. The van der Waals surface area contributed by atoms with Gasteiger partial charge in [-0.05, 0) is 36.4 Å². The van der Waals surface area contributed by atoms with Gasteiger partial charge in [-0.15, -0.1) is 0 Å². The maximum atomic E-state index is 14.9. The van der Waals surface area contributed by atoms with Crippen LogP contribution in [0.25, 0.3) is 22.5 Å². The summed E-state index contributed by atoms with van der Waals surface area (Å²) in [5.74, 6) is -1.23. The van der Waals surface area contributed by atoms with E-state index < -0.39 is 18.3 Å². The van der Waals surface area contributed by atoms with E-state index in [0.29, 0.717) is 28.0 Å². The number of amides is 1. The van der Waals surface area contributed by atoms with Crippen molar-refractivity contribution in [3.63, 3.8) is 0 Å². The first-order valence-electron chi connectivity index (χ1n) is 10.5. The van der Waals surface area contributed by atoms with E-state index in [0.717, 1.165) is 5.56 Å². The third kappa shape index (κ3) is 5.22. The Morgan fingerprint density at radius 3 is 2.74 bits per heavy atom. The van der Waals surface area contributed by atoms with Crippen molar-refractivity contribution in [1.82, 2.24) is 9.38 Å². The largest absolute Gasteiger partial charge is 0.435 e. The van der Waals surface area contributed by atoms with Gasteiger partial charge in [-0.2, -0.15) is 8.78 Å². The summed E-state index contributed by atoms with van der Waals surface area (Å²) < 4.78 is 45.9. The van der Waals surface area contributed by atoms with Gasteiger partial charge in [-0.1, -0.05) is 18.2 Å². The molecule has 0 fully saturated rings. The summed E-state index contributed by atoms with van der Waals surface area (Å²) in [6.07, 6.45) is 6.16. The lowest BCUT2D eigenvalue weighted by Crippen LogP contribution is -2.86. The number of hydrogen-bond donors (Lipinski definition) is 3. The van der Waals surface area contributed by atoms with Crippen LogP contribution in [-0.2, 0) is 6.54 Å². The minimum absolute atomic E-state index is 0.0106. The molecule has 7 nitrogen and oxygen atoms in total. The molecule has 2 heterocycles. The van der Waals surface area contributed by atoms with Crippen LogP contribution in [0.2, 0.25) is 0 Å². The average Bonchev–Trinajstić information content (AvgIpc) is 3.26. The molecule has 4 aromatic rings. The number of primary amides is 1. The standard InChI is InChI=1S/C25H20F3N5O2/c26-21-9-16(22-13-31-23-7-5-17(14-33(22)23)18(10-29)11-30)4-6-20(21)24(34)32-12-15-2-1-3-19(8-15)35-25(27)28/h1-11,13-14,25,29H,12,30H2,(H,32,34)/p+2. The number of nitrogens with zero attached hydrogens (tertiary/aromatic N) is 2. The molecule has 1 amide bonds. The van der Waals surface area contributed by atoms with E-state index in [1.807, 2.05) is 6.07 Å². The number of carbonyl (C=O) groups excluding carboxylic acids is 1. The number of ether oxygens (including phenoxy) is 1. The molecule has 0 atom stereocenters. The van der Waals surface area contributed by atoms with Crippen LogP contribution in [0.4, 0.5) is 13.2 Å². The quantitative estimate of drug-likeness (QED) is 0.333. The molecular weight excluding hydrogens is 459 g/mol. The lowest BCUT2D eigenvalue weighted by atomic mass is 10.1. The number of hydrogen-bond acceptors (Lipinski definition) is 4. The van der Waals surface area contributed by atoms with Gasteiger partial charge >= 0.3 is 12.5 Å². The minimum Gasteiger partial charge on any atom is -0.435 e. The maximum Gasteiger partial charge on any atom is 0.387 e. The molecule has 2 aromatic carbocycles. The van der Waals surface area contributed by atoms with Gasteiger partial charge in [0.15, 0.2) is 6.21 Å². The summed E-state index contributed by atoms with van der Waals surface area (Å²) in [4.78, 5) is 16.9. The first-order chi connectivity index (χ1) is 16.9. The van der Waals surface area contributed by atoms with Gasteiger partial charge in [0.1, 0.15) is 29.3 Å². The van der Waals surface area contributed by atoms with Crippen molar-refractivity contribution in [2.24, 2.45) is 5.73 Å². The lowest BCUT2D eigenvalue weighted by molar-refractivity contribution is -0.572. The fourth-order valence-corrected chi connectivity index (χ4v) is 3.66. The number of aromatic nitrogens is 2. The third-order valence-electron chi connectivity index (χ3n) is 5.38. The molecule has 0 aliphatic carbocycles. The van der Waals surface area contributed by atoms with E-state index in [1.165, 1.54) is 42.0 Å². The van der Waals surface area contributed by atoms with Gasteiger partial charge in [0.25, 0.3) is 0 Å². The Kier molecular flexibility index (Phi) is 6.93. The predicted molar refractivity (Wildman–Crippen MR) is 124 cm³/mol. The van der Waals surface area contributed by atoms with Gasteiger partial charge in [-0.25, -0.2) is 14.2 Å². The monoisotopic (exact) mass is 481 g/mol. The van der Waals surface area contributed by atoms with Crippen LogP contribution in [0.15, 0.2) is 73.2 Å². The first kappa shape index (κ1) is 23.7. The number of halogens is 3. The highest BCUT2D eigenvalue weighted by atomic mass is 19.3. The van der Waals surface area contributed by atoms with Crippen LogP contribution < -0.4 is 21.2 Å². The molecule has 0 saturated carbocycles. The van der Waals surface area contributed by atoms with Crippen LogP contribution in [0.3, 0.4) is 0 Å². The van der Waals surface area contributed by atoms with Crippen molar-refractivity contribution >= 4 is 23.3 Å². The maximum absolute atomic E-state index is 14.9. The summed E-state index contributed by atoms with van der Waals surface area (Å²) in [5.41, 5.74) is 9.26. The zero-order valence-electron chi connectivity index (χ0n) is 18.4. The van der Waals surface area contributed by atoms with Gasteiger partial charge < -0.3 is 10.5 Å². The van der Waals surface area contributed by atoms with Crippen LogP contribution >= 0.6 is 0 Å². The van der Waals surface area contributed by atoms with Crippen molar-refractivity contribution in [3.05, 3.63) is 95.7 Å². The normalized spacial score (nSPS) is 11.7. The molecule has 35 heavy (non-hydrogen) atoms. The Morgan fingerprint density at radius 2 is 2.03 bits per heavy atom. The lowest BCUT2D eigenvalue weighted by Gasteiger charge is -2.08. The Morgan fingerprint density at radius 1 is 1.20 bits per heavy atom. The second-order valence-electron chi connectivity index (χ2n) is 7.57. The average molecular weight is 481 g/mol. The van der Waals surface area contributed by atoms with E-state index in [2.05, 4.69) is 9.72 Å². The molecule has 0 saturated heterocycles. The Balaban J connectivity index is 1.54. The molecule has 178 valence electrons. The Labute approximate surface area is 198 Å². The smallest absolute Gasteiger partial charge is 0.387 e. The van der Waals surface area contributed by atoms with Gasteiger partial charge in [0.05, 0.1) is 17.5 Å². The fraction of sp³-hybridized carbons (Fsp3) is 0.0800. The van der Waals surface area contributed by atoms with Gasteiger partial charge in [-0.3, -0.25) is 15.1 Å². The van der Waals surface area contributed by atoms with Gasteiger partial charge in [0.2, 0.25) is 0 Å². The number of benzene rings is 2. The Bertz CT molecular complexity index is 1430. The SMILES string of the molecule is NC=C(C=[NH2+])c1ccc2ncc(-c3ccc(C(=O)[NH2+]Cc4cccc(OC(F)F)c4)c(F)c3)n2c1. The summed E-state index contributed by atoms with van der Waals surface area (Å²) >= 11 is 0. The molecule has 0 radical (unpaired) electrons.